The summed E-state index contributed by atoms with van der Waals surface area (Å²) < 4.78 is 1.26. The Hall–Kier alpha value is -1.39. The van der Waals surface area contributed by atoms with Gasteiger partial charge in [-0.2, -0.15) is 0 Å². The molecule has 1 aliphatic carbocycles. The molecule has 3 aliphatic heterocycles. The Morgan fingerprint density at radius 3 is 2.71 bits per heavy atom. The fourth-order valence-corrected chi connectivity index (χ4v) is 6.10. The predicted molar refractivity (Wildman–Crippen MR) is 98.8 cm³/mol. The molecule has 1 spiro atoms. The molecule has 126 valence electrons. The minimum atomic E-state index is 0.137. The van der Waals surface area contributed by atoms with Crippen molar-refractivity contribution in [1.82, 2.24) is 10.2 Å². The molecule has 1 aromatic heterocycles. The smallest absolute Gasteiger partial charge is 0.261 e. The first-order valence-electron chi connectivity index (χ1n) is 9.14. The van der Waals surface area contributed by atoms with E-state index in [0.29, 0.717) is 17.5 Å². The number of piperidine rings is 3. The maximum Gasteiger partial charge on any atom is 0.261 e. The van der Waals surface area contributed by atoms with Gasteiger partial charge in [-0.05, 0) is 81.1 Å². The van der Waals surface area contributed by atoms with Crippen molar-refractivity contribution < 1.29 is 4.79 Å². The molecule has 1 N–H and O–H groups in total. The van der Waals surface area contributed by atoms with Crippen LogP contribution >= 0.6 is 11.3 Å². The second-order valence-corrected chi connectivity index (χ2v) is 8.97. The topological polar surface area (TPSA) is 32.3 Å². The van der Waals surface area contributed by atoms with Crippen molar-refractivity contribution in [2.24, 2.45) is 5.92 Å². The second-order valence-electron chi connectivity index (χ2n) is 7.92. The predicted octanol–water partition coefficient (Wildman–Crippen LogP) is 3.87. The lowest BCUT2D eigenvalue weighted by atomic mass is 9.77. The van der Waals surface area contributed by atoms with Crippen LogP contribution in [-0.2, 0) is 0 Å². The summed E-state index contributed by atoms with van der Waals surface area (Å²) in [6.45, 7) is 6.76. The van der Waals surface area contributed by atoms with Crippen LogP contribution in [0.2, 0.25) is 0 Å². The van der Waals surface area contributed by atoms with E-state index in [1.165, 1.54) is 60.0 Å². The van der Waals surface area contributed by atoms with Gasteiger partial charge in [0.1, 0.15) is 0 Å². The molecule has 1 saturated carbocycles. The molecule has 4 fully saturated rings. The molecule has 1 atom stereocenters. The highest BCUT2D eigenvalue weighted by Gasteiger charge is 2.60. The fraction of sp³-hybridized carbons (Fsp3) is 0.550. The molecule has 1 aromatic carbocycles. The molecule has 4 aliphatic rings. The van der Waals surface area contributed by atoms with Gasteiger partial charge in [-0.3, -0.25) is 9.69 Å². The average Bonchev–Trinajstić information content (AvgIpc) is 3.24. The number of carbonyl (C=O) groups is 1. The highest BCUT2D eigenvalue weighted by Crippen LogP contribution is 2.53. The van der Waals surface area contributed by atoms with Crippen molar-refractivity contribution in [3.8, 4) is 0 Å². The number of fused-ring (bicyclic) bond motifs is 3. The molecule has 4 heteroatoms. The van der Waals surface area contributed by atoms with Crippen molar-refractivity contribution in [2.75, 3.05) is 13.1 Å². The zero-order valence-corrected chi connectivity index (χ0v) is 15.2. The molecular formula is C20H24N2OS. The summed E-state index contributed by atoms with van der Waals surface area (Å²) in [7, 11) is 0. The van der Waals surface area contributed by atoms with Gasteiger partial charge in [-0.1, -0.05) is 12.1 Å². The van der Waals surface area contributed by atoms with E-state index in [9.17, 15) is 4.79 Å². The zero-order chi connectivity index (χ0) is 16.5. The first-order chi connectivity index (χ1) is 11.6. The summed E-state index contributed by atoms with van der Waals surface area (Å²) in [5.41, 5.74) is 2.91. The van der Waals surface area contributed by atoms with Crippen molar-refractivity contribution in [2.45, 2.75) is 51.1 Å². The SMILES string of the molecule is Cc1ccc2cc(C(=O)NC3C4CCN(CC4)C34CC4)sc2c1C. The van der Waals surface area contributed by atoms with Crippen molar-refractivity contribution in [3.63, 3.8) is 0 Å². The van der Waals surface area contributed by atoms with E-state index >= 15 is 0 Å². The Balaban J connectivity index is 1.44. The molecule has 2 bridgehead atoms. The number of nitrogens with one attached hydrogen (secondary N) is 1. The Kier molecular flexibility index (Phi) is 3.14. The number of carbonyl (C=O) groups excluding carboxylic acids is 1. The molecule has 24 heavy (non-hydrogen) atoms. The number of hydrogen-bond acceptors (Lipinski definition) is 3. The Labute approximate surface area is 147 Å². The molecule has 0 radical (unpaired) electrons. The van der Waals surface area contributed by atoms with E-state index in [1.54, 1.807) is 11.3 Å². The van der Waals surface area contributed by atoms with Crippen molar-refractivity contribution >= 4 is 27.3 Å². The van der Waals surface area contributed by atoms with Gasteiger partial charge in [0, 0.05) is 10.2 Å². The minimum absolute atomic E-state index is 0.137. The highest BCUT2D eigenvalue weighted by molar-refractivity contribution is 7.21. The van der Waals surface area contributed by atoms with E-state index in [4.69, 9.17) is 0 Å². The third-order valence-electron chi connectivity index (χ3n) is 6.70. The van der Waals surface area contributed by atoms with E-state index in [2.05, 4.69) is 42.3 Å². The summed E-state index contributed by atoms with van der Waals surface area (Å²) in [5.74, 6) is 0.818. The maximum absolute atomic E-state index is 13.0. The Morgan fingerprint density at radius 1 is 1.25 bits per heavy atom. The van der Waals surface area contributed by atoms with E-state index < -0.39 is 0 Å². The number of hydrogen-bond donors (Lipinski definition) is 1. The van der Waals surface area contributed by atoms with Crippen LogP contribution in [0.5, 0.6) is 0 Å². The monoisotopic (exact) mass is 340 g/mol. The average molecular weight is 340 g/mol. The van der Waals surface area contributed by atoms with Crippen molar-refractivity contribution in [3.05, 3.63) is 34.2 Å². The first kappa shape index (κ1) is 14.9. The third kappa shape index (κ3) is 2.02. The summed E-state index contributed by atoms with van der Waals surface area (Å²) in [6, 6.07) is 6.73. The van der Waals surface area contributed by atoms with Gasteiger partial charge in [-0.25, -0.2) is 0 Å². The quantitative estimate of drug-likeness (QED) is 0.900. The van der Waals surface area contributed by atoms with Gasteiger partial charge < -0.3 is 5.32 Å². The van der Waals surface area contributed by atoms with Gasteiger partial charge >= 0.3 is 0 Å². The number of aryl methyl sites for hydroxylation is 2. The van der Waals surface area contributed by atoms with Crippen LogP contribution in [0.25, 0.3) is 10.1 Å². The second kappa shape index (κ2) is 5.06. The summed E-state index contributed by atoms with van der Waals surface area (Å²) >= 11 is 1.65. The number of benzene rings is 1. The summed E-state index contributed by atoms with van der Waals surface area (Å²) in [5, 5.41) is 4.64. The van der Waals surface area contributed by atoms with E-state index in [1.807, 2.05) is 0 Å². The third-order valence-corrected chi connectivity index (χ3v) is 7.97. The maximum atomic E-state index is 13.0. The van der Waals surface area contributed by atoms with Gasteiger partial charge in [0.15, 0.2) is 0 Å². The zero-order valence-electron chi connectivity index (χ0n) is 14.4. The van der Waals surface area contributed by atoms with Crippen LogP contribution in [0.4, 0.5) is 0 Å². The molecule has 6 rings (SSSR count). The van der Waals surface area contributed by atoms with Gasteiger partial charge in [0.25, 0.3) is 5.91 Å². The van der Waals surface area contributed by atoms with E-state index in [0.717, 1.165) is 4.88 Å². The van der Waals surface area contributed by atoms with Gasteiger partial charge in [-0.15, -0.1) is 11.3 Å². The van der Waals surface area contributed by atoms with Crippen LogP contribution in [0, 0.1) is 19.8 Å². The van der Waals surface area contributed by atoms with E-state index in [-0.39, 0.29) is 5.91 Å². The van der Waals surface area contributed by atoms with Gasteiger partial charge in [0.05, 0.1) is 10.9 Å². The van der Waals surface area contributed by atoms with Crippen LogP contribution in [0.3, 0.4) is 0 Å². The number of amides is 1. The lowest BCUT2D eigenvalue weighted by Gasteiger charge is -2.52. The van der Waals surface area contributed by atoms with Gasteiger partial charge in [0.2, 0.25) is 0 Å². The normalized spacial score (nSPS) is 30.0. The molecule has 3 saturated heterocycles. The largest absolute Gasteiger partial charge is 0.346 e. The lowest BCUT2D eigenvalue weighted by molar-refractivity contribution is -0.00138. The molecular weight excluding hydrogens is 316 g/mol. The Morgan fingerprint density at radius 2 is 2.00 bits per heavy atom. The van der Waals surface area contributed by atoms with Crippen LogP contribution in [-0.4, -0.2) is 35.5 Å². The molecule has 1 unspecified atom stereocenters. The lowest BCUT2D eigenvalue weighted by Crippen LogP contribution is -2.65. The number of rotatable bonds is 2. The van der Waals surface area contributed by atoms with Crippen LogP contribution in [0.1, 0.15) is 46.5 Å². The minimum Gasteiger partial charge on any atom is -0.346 e. The molecule has 2 aromatic rings. The molecule has 3 nitrogen and oxygen atoms in total. The highest BCUT2D eigenvalue weighted by atomic mass is 32.1. The standard InChI is InChI=1S/C20H24N2OS/c1-12-3-4-15-11-16(24-17(15)13(12)2)19(23)21-18-14-5-9-22(10-6-14)20(18)7-8-20/h3-4,11,14,18H,5-10H2,1-2H3,(H,21,23). The van der Waals surface area contributed by atoms with Crippen LogP contribution < -0.4 is 5.32 Å². The Bertz CT molecular complexity index is 828. The first-order valence-corrected chi connectivity index (χ1v) is 9.96. The molecule has 1 amide bonds. The number of nitrogens with zero attached hydrogens (tertiary/aromatic N) is 1. The number of thiophene rings is 1. The summed E-state index contributed by atoms with van der Waals surface area (Å²) in [4.78, 5) is 16.5. The molecule has 4 heterocycles. The van der Waals surface area contributed by atoms with Crippen LogP contribution in [0.15, 0.2) is 18.2 Å². The fourth-order valence-electron chi connectivity index (χ4n) is 4.99. The van der Waals surface area contributed by atoms with Crippen molar-refractivity contribution in [1.29, 1.82) is 0 Å². The summed E-state index contributed by atoms with van der Waals surface area (Å²) in [6.07, 6.45) is 5.02.